The van der Waals surface area contributed by atoms with Crippen LogP contribution < -0.4 is 15.6 Å². The summed E-state index contributed by atoms with van der Waals surface area (Å²) in [6.45, 7) is 0.469. The zero-order valence-corrected chi connectivity index (χ0v) is 12.9. The topological polar surface area (TPSA) is 33.3 Å². The lowest BCUT2D eigenvalue weighted by Gasteiger charge is -2.12. The van der Waals surface area contributed by atoms with Gasteiger partial charge in [0.25, 0.3) is 0 Å². The number of anilines is 1. The van der Waals surface area contributed by atoms with Crippen molar-refractivity contribution in [3.63, 3.8) is 0 Å². The van der Waals surface area contributed by atoms with E-state index in [1.807, 2.05) is 52.9 Å². The molecule has 0 bridgehead atoms. The summed E-state index contributed by atoms with van der Waals surface area (Å²) in [5, 5.41) is 0. The molecule has 0 spiro atoms. The molecule has 0 heterocycles. The van der Waals surface area contributed by atoms with Crippen molar-refractivity contribution in [1.29, 1.82) is 0 Å². The summed E-state index contributed by atoms with van der Waals surface area (Å²) in [5.41, 5.74) is 7.75. The van der Waals surface area contributed by atoms with Crippen LogP contribution in [0.4, 0.5) is 18.9 Å². The van der Waals surface area contributed by atoms with Gasteiger partial charge in [-0.3, -0.25) is 0 Å². The molecule has 0 saturated carbocycles. The number of alkyl halides is 3. The van der Waals surface area contributed by atoms with Gasteiger partial charge in [0, 0.05) is 12.2 Å². The quantitative estimate of drug-likeness (QED) is 0.572. The highest BCUT2D eigenvalue weighted by Gasteiger charge is 2.31. The summed E-state index contributed by atoms with van der Waals surface area (Å²) in [6, 6.07) is 14.0. The highest BCUT2D eigenvalue weighted by molar-refractivity contribution is 14.1. The lowest BCUT2D eigenvalue weighted by Crippen LogP contribution is -2.21. The second-order valence-electron chi connectivity index (χ2n) is 4.16. The highest BCUT2D eigenvalue weighted by atomic mass is 127. The molecule has 112 valence electrons. The predicted octanol–water partition coefficient (Wildman–Crippen LogP) is 4.31. The van der Waals surface area contributed by atoms with Gasteiger partial charge in [0.05, 0.1) is 3.57 Å². The van der Waals surface area contributed by atoms with E-state index in [0.717, 1.165) is 11.3 Å². The smallest absolute Gasteiger partial charge is 0.405 e. The van der Waals surface area contributed by atoms with E-state index in [9.17, 15) is 13.2 Å². The first-order valence-electron chi connectivity index (χ1n) is 6.02. The summed E-state index contributed by atoms with van der Waals surface area (Å²) in [4.78, 5) is 0. The van der Waals surface area contributed by atoms with Gasteiger partial charge < -0.3 is 10.2 Å². The molecule has 0 aliphatic carbocycles. The van der Waals surface area contributed by atoms with Crippen LogP contribution in [-0.4, -0.2) is 6.36 Å². The van der Waals surface area contributed by atoms with Crippen LogP contribution in [0.3, 0.4) is 0 Å². The third kappa shape index (κ3) is 5.43. The Morgan fingerprint density at radius 3 is 2.38 bits per heavy atom. The third-order valence-electron chi connectivity index (χ3n) is 2.52. The van der Waals surface area contributed by atoms with Crippen LogP contribution in [0.5, 0.6) is 5.75 Å². The molecule has 3 nitrogen and oxygen atoms in total. The van der Waals surface area contributed by atoms with E-state index in [2.05, 4.69) is 15.6 Å². The van der Waals surface area contributed by atoms with E-state index >= 15 is 0 Å². The minimum atomic E-state index is -4.67. The maximum Gasteiger partial charge on any atom is 0.573 e. The van der Waals surface area contributed by atoms with Crippen LogP contribution in [0.25, 0.3) is 0 Å². The Hall–Kier alpha value is -1.48. The average molecular weight is 408 g/mol. The summed E-state index contributed by atoms with van der Waals surface area (Å²) in [5.74, 6) is -0.192. The average Bonchev–Trinajstić information content (AvgIpc) is 2.42. The van der Waals surface area contributed by atoms with Crippen LogP contribution in [0, 0.1) is 3.57 Å². The highest BCUT2D eigenvalue weighted by Crippen LogP contribution is 2.28. The standard InChI is InChI=1S/C14H12F3IN2O/c15-14(16,17)21-13-7-6-10(8-12(13)18)9-19-20-11-4-2-1-3-5-11/h1-8,19-20H,9H2. The minimum absolute atomic E-state index is 0.192. The van der Waals surface area contributed by atoms with Crippen molar-refractivity contribution in [1.82, 2.24) is 5.43 Å². The fourth-order valence-corrected chi connectivity index (χ4v) is 2.32. The van der Waals surface area contributed by atoms with E-state index < -0.39 is 6.36 Å². The molecule has 2 N–H and O–H groups in total. The van der Waals surface area contributed by atoms with Crippen molar-refractivity contribution in [2.45, 2.75) is 12.9 Å². The first-order chi connectivity index (χ1) is 9.94. The second-order valence-corrected chi connectivity index (χ2v) is 5.32. The van der Waals surface area contributed by atoms with Gasteiger partial charge >= 0.3 is 6.36 Å². The van der Waals surface area contributed by atoms with Gasteiger partial charge in [-0.2, -0.15) is 0 Å². The number of hydrazine groups is 1. The second kappa shape index (κ2) is 6.99. The fourth-order valence-electron chi connectivity index (χ4n) is 1.63. The molecule has 0 radical (unpaired) electrons. The molecule has 2 rings (SSSR count). The molecule has 0 saturated heterocycles. The number of ether oxygens (including phenoxy) is 1. The van der Waals surface area contributed by atoms with Crippen LogP contribution in [0.15, 0.2) is 48.5 Å². The Balaban J connectivity index is 1.91. The number of rotatable bonds is 5. The van der Waals surface area contributed by atoms with Crippen LogP contribution >= 0.6 is 22.6 Å². The maximum absolute atomic E-state index is 12.2. The Bertz CT molecular complexity index is 591. The molecule has 0 amide bonds. The summed E-state index contributed by atoms with van der Waals surface area (Å²) >= 11 is 1.82. The molecule has 2 aromatic carbocycles. The van der Waals surface area contributed by atoms with Crippen molar-refractivity contribution in [2.24, 2.45) is 0 Å². The molecule has 0 aliphatic heterocycles. The lowest BCUT2D eigenvalue weighted by molar-refractivity contribution is -0.274. The van der Waals surface area contributed by atoms with Gasteiger partial charge in [0.15, 0.2) is 0 Å². The van der Waals surface area contributed by atoms with Crippen molar-refractivity contribution in [3.8, 4) is 5.75 Å². The van der Waals surface area contributed by atoms with E-state index in [1.54, 1.807) is 12.1 Å². The molecular weight excluding hydrogens is 396 g/mol. The Morgan fingerprint density at radius 2 is 1.76 bits per heavy atom. The van der Waals surface area contributed by atoms with Crippen LogP contribution in [-0.2, 0) is 6.54 Å². The minimum Gasteiger partial charge on any atom is -0.405 e. The summed E-state index contributed by atoms with van der Waals surface area (Å²) in [7, 11) is 0. The lowest BCUT2D eigenvalue weighted by atomic mass is 10.2. The van der Waals surface area contributed by atoms with Gasteiger partial charge in [0.2, 0.25) is 0 Å². The third-order valence-corrected chi connectivity index (χ3v) is 3.36. The van der Waals surface area contributed by atoms with Crippen LogP contribution in [0.2, 0.25) is 0 Å². The maximum atomic E-state index is 12.2. The number of halogens is 4. The molecule has 0 fully saturated rings. The normalized spacial score (nSPS) is 11.2. The van der Waals surface area contributed by atoms with Crippen molar-refractivity contribution in [2.75, 3.05) is 5.43 Å². The molecule has 2 aromatic rings. The van der Waals surface area contributed by atoms with Crippen molar-refractivity contribution in [3.05, 3.63) is 57.7 Å². The Labute approximate surface area is 133 Å². The van der Waals surface area contributed by atoms with E-state index in [4.69, 9.17) is 0 Å². The molecule has 0 atom stereocenters. The molecule has 0 unspecified atom stereocenters. The zero-order valence-electron chi connectivity index (χ0n) is 10.7. The van der Waals surface area contributed by atoms with Gasteiger partial charge in [-0.15, -0.1) is 13.2 Å². The van der Waals surface area contributed by atoms with Gasteiger partial charge in [0.1, 0.15) is 5.75 Å². The largest absolute Gasteiger partial charge is 0.573 e. The molecule has 7 heteroatoms. The van der Waals surface area contributed by atoms with E-state index in [-0.39, 0.29) is 5.75 Å². The van der Waals surface area contributed by atoms with Gasteiger partial charge in [-0.05, 0) is 52.4 Å². The number of para-hydroxylation sites is 1. The van der Waals surface area contributed by atoms with Crippen molar-refractivity contribution < 1.29 is 17.9 Å². The molecule has 21 heavy (non-hydrogen) atoms. The SMILES string of the molecule is FC(F)(F)Oc1ccc(CNNc2ccccc2)cc1I. The Kier molecular flexibility index (Phi) is 5.29. The molecule has 0 aliphatic rings. The number of hydrogen-bond donors (Lipinski definition) is 2. The first-order valence-corrected chi connectivity index (χ1v) is 7.10. The molecule has 0 aromatic heterocycles. The fraction of sp³-hybridized carbons (Fsp3) is 0.143. The van der Waals surface area contributed by atoms with E-state index in [1.165, 1.54) is 6.07 Å². The zero-order chi connectivity index (χ0) is 15.3. The van der Waals surface area contributed by atoms with Crippen molar-refractivity contribution >= 4 is 28.3 Å². The Morgan fingerprint density at radius 1 is 1.05 bits per heavy atom. The molecular formula is C14H12F3IN2O. The number of benzene rings is 2. The summed E-state index contributed by atoms with van der Waals surface area (Å²) < 4.78 is 40.8. The van der Waals surface area contributed by atoms with Crippen LogP contribution in [0.1, 0.15) is 5.56 Å². The van der Waals surface area contributed by atoms with Gasteiger partial charge in [-0.1, -0.05) is 24.3 Å². The number of hydrogen-bond acceptors (Lipinski definition) is 3. The number of nitrogens with one attached hydrogen (secondary N) is 2. The summed E-state index contributed by atoms with van der Waals surface area (Å²) in [6.07, 6.45) is -4.67. The predicted molar refractivity (Wildman–Crippen MR) is 82.7 cm³/mol. The van der Waals surface area contributed by atoms with E-state index in [0.29, 0.717) is 10.1 Å². The monoisotopic (exact) mass is 408 g/mol. The first kappa shape index (κ1) is 15.9. The van der Waals surface area contributed by atoms with Gasteiger partial charge in [-0.25, -0.2) is 5.43 Å².